The molecule has 0 saturated heterocycles. The Labute approximate surface area is 105 Å². The molecule has 96 valence electrons. The first-order chi connectivity index (χ1) is 8.22. The fourth-order valence-electron chi connectivity index (χ4n) is 2.01. The van der Waals surface area contributed by atoms with Crippen molar-refractivity contribution in [2.45, 2.75) is 40.7 Å². The van der Waals surface area contributed by atoms with Gasteiger partial charge in [-0.1, -0.05) is 13.8 Å². The predicted octanol–water partition coefficient (Wildman–Crippen LogP) is 2.74. The van der Waals surface area contributed by atoms with Crippen LogP contribution >= 0.6 is 0 Å². The largest absolute Gasteiger partial charge is 0.357 e. The van der Waals surface area contributed by atoms with Crippen LogP contribution in [0.2, 0.25) is 0 Å². The number of pyridine rings is 1. The van der Waals surface area contributed by atoms with Crippen molar-refractivity contribution in [3.8, 4) is 0 Å². The van der Waals surface area contributed by atoms with Gasteiger partial charge in [0.2, 0.25) is 0 Å². The van der Waals surface area contributed by atoms with Crippen molar-refractivity contribution < 1.29 is 0 Å². The van der Waals surface area contributed by atoms with Crippen molar-refractivity contribution in [2.75, 3.05) is 24.5 Å². The van der Waals surface area contributed by atoms with Gasteiger partial charge in [-0.3, -0.25) is 0 Å². The molecule has 1 heterocycles. The highest BCUT2D eigenvalue weighted by molar-refractivity contribution is 5.47. The summed E-state index contributed by atoms with van der Waals surface area (Å²) in [5.41, 5.74) is 2.54. The number of hydrogen-bond donors (Lipinski definition) is 1. The van der Waals surface area contributed by atoms with Crippen molar-refractivity contribution in [1.29, 1.82) is 0 Å². The topological polar surface area (TPSA) is 28.2 Å². The van der Waals surface area contributed by atoms with E-state index < -0.39 is 0 Å². The van der Waals surface area contributed by atoms with Crippen LogP contribution in [0, 0.1) is 6.92 Å². The van der Waals surface area contributed by atoms with E-state index in [1.807, 2.05) is 6.20 Å². The van der Waals surface area contributed by atoms with Gasteiger partial charge in [0.15, 0.2) is 0 Å². The van der Waals surface area contributed by atoms with Gasteiger partial charge in [0.25, 0.3) is 0 Å². The quantitative estimate of drug-likeness (QED) is 0.787. The van der Waals surface area contributed by atoms with Crippen molar-refractivity contribution in [2.24, 2.45) is 0 Å². The van der Waals surface area contributed by atoms with E-state index in [9.17, 15) is 0 Å². The molecule has 0 radical (unpaired) electrons. The third-order valence-electron chi connectivity index (χ3n) is 2.86. The Kier molecular flexibility index (Phi) is 5.98. The van der Waals surface area contributed by atoms with Gasteiger partial charge in [0, 0.05) is 25.8 Å². The van der Waals surface area contributed by atoms with Crippen LogP contribution < -0.4 is 10.2 Å². The summed E-state index contributed by atoms with van der Waals surface area (Å²) in [5, 5.41) is 3.33. The van der Waals surface area contributed by atoms with E-state index in [1.165, 1.54) is 11.1 Å². The molecule has 0 bridgehead atoms. The van der Waals surface area contributed by atoms with Crippen molar-refractivity contribution in [3.05, 3.63) is 23.4 Å². The van der Waals surface area contributed by atoms with Crippen molar-refractivity contribution in [1.82, 2.24) is 10.3 Å². The fraction of sp³-hybridized carbons (Fsp3) is 0.643. The molecular weight excluding hydrogens is 210 g/mol. The van der Waals surface area contributed by atoms with Crippen LogP contribution in [0.4, 0.5) is 5.82 Å². The molecule has 1 aromatic rings. The Bertz CT molecular complexity index is 336. The van der Waals surface area contributed by atoms with E-state index >= 15 is 0 Å². The van der Waals surface area contributed by atoms with E-state index in [0.717, 1.165) is 38.4 Å². The van der Waals surface area contributed by atoms with Crippen LogP contribution in [0.25, 0.3) is 0 Å². The predicted molar refractivity (Wildman–Crippen MR) is 74.5 cm³/mol. The summed E-state index contributed by atoms with van der Waals surface area (Å²) in [6, 6.07) is 2.24. The van der Waals surface area contributed by atoms with Crippen LogP contribution in [-0.2, 0) is 6.54 Å². The molecule has 1 rings (SSSR count). The zero-order valence-corrected chi connectivity index (χ0v) is 11.6. The Morgan fingerprint density at radius 3 is 2.59 bits per heavy atom. The second kappa shape index (κ2) is 7.28. The molecule has 3 heteroatoms. The molecular formula is C14H25N3. The smallest absolute Gasteiger partial charge is 0.131 e. The summed E-state index contributed by atoms with van der Waals surface area (Å²) in [4.78, 5) is 6.95. The summed E-state index contributed by atoms with van der Waals surface area (Å²) >= 11 is 0. The average molecular weight is 235 g/mol. The maximum absolute atomic E-state index is 4.61. The zero-order valence-electron chi connectivity index (χ0n) is 11.6. The first kappa shape index (κ1) is 14.0. The molecule has 17 heavy (non-hydrogen) atoms. The zero-order chi connectivity index (χ0) is 12.7. The third-order valence-corrected chi connectivity index (χ3v) is 2.86. The molecule has 0 fully saturated rings. The number of aryl methyl sites for hydroxylation is 1. The van der Waals surface area contributed by atoms with E-state index in [4.69, 9.17) is 0 Å². The summed E-state index contributed by atoms with van der Waals surface area (Å²) in [7, 11) is 0. The molecule has 0 aliphatic heterocycles. The second-order valence-corrected chi connectivity index (χ2v) is 4.34. The van der Waals surface area contributed by atoms with Gasteiger partial charge in [-0.25, -0.2) is 4.98 Å². The maximum atomic E-state index is 4.61. The van der Waals surface area contributed by atoms with Gasteiger partial charge in [-0.2, -0.15) is 0 Å². The van der Waals surface area contributed by atoms with Crippen molar-refractivity contribution in [3.63, 3.8) is 0 Å². The number of nitrogens with one attached hydrogen (secondary N) is 1. The fourth-order valence-corrected chi connectivity index (χ4v) is 2.01. The third kappa shape index (κ3) is 4.00. The number of hydrogen-bond acceptors (Lipinski definition) is 3. The molecule has 0 aliphatic rings. The molecule has 0 amide bonds. The first-order valence-corrected chi connectivity index (χ1v) is 6.64. The Balaban J connectivity index is 2.80. The Morgan fingerprint density at radius 1 is 1.29 bits per heavy atom. The molecule has 1 aromatic heterocycles. The van der Waals surface area contributed by atoms with Crippen molar-refractivity contribution >= 4 is 5.82 Å². The molecule has 0 unspecified atom stereocenters. The molecule has 0 aliphatic carbocycles. The monoisotopic (exact) mass is 235 g/mol. The van der Waals surface area contributed by atoms with E-state index in [2.05, 4.69) is 49.0 Å². The number of rotatable bonds is 7. The van der Waals surface area contributed by atoms with Crippen LogP contribution in [0.15, 0.2) is 12.3 Å². The van der Waals surface area contributed by atoms with Crippen LogP contribution in [0.5, 0.6) is 0 Å². The SMILES string of the molecule is CCCN(CC)c1ncc(CNCC)cc1C. The second-order valence-electron chi connectivity index (χ2n) is 4.34. The van der Waals surface area contributed by atoms with Gasteiger partial charge in [0.05, 0.1) is 0 Å². The molecule has 0 spiro atoms. The van der Waals surface area contributed by atoms with E-state index in [1.54, 1.807) is 0 Å². The maximum Gasteiger partial charge on any atom is 0.131 e. The lowest BCUT2D eigenvalue weighted by Gasteiger charge is -2.23. The summed E-state index contributed by atoms with van der Waals surface area (Å²) in [6.07, 6.45) is 3.15. The van der Waals surface area contributed by atoms with E-state index in [0.29, 0.717) is 0 Å². The van der Waals surface area contributed by atoms with Gasteiger partial charge >= 0.3 is 0 Å². The van der Waals surface area contributed by atoms with Gasteiger partial charge in [-0.15, -0.1) is 0 Å². The van der Waals surface area contributed by atoms with Gasteiger partial charge in [-0.05, 0) is 44.0 Å². The number of anilines is 1. The minimum Gasteiger partial charge on any atom is -0.357 e. The average Bonchev–Trinajstić information content (AvgIpc) is 2.34. The summed E-state index contributed by atoms with van der Waals surface area (Å²) in [6.45, 7) is 12.7. The lowest BCUT2D eigenvalue weighted by Crippen LogP contribution is -2.25. The van der Waals surface area contributed by atoms with Crippen LogP contribution in [0.3, 0.4) is 0 Å². The van der Waals surface area contributed by atoms with Crippen LogP contribution in [0.1, 0.15) is 38.3 Å². The molecule has 0 saturated carbocycles. The Morgan fingerprint density at radius 2 is 2.06 bits per heavy atom. The highest BCUT2D eigenvalue weighted by Crippen LogP contribution is 2.18. The van der Waals surface area contributed by atoms with E-state index in [-0.39, 0.29) is 0 Å². The van der Waals surface area contributed by atoms with Gasteiger partial charge < -0.3 is 10.2 Å². The number of nitrogens with zero attached hydrogens (tertiary/aromatic N) is 2. The lowest BCUT2D eigenvalue weighted by atomic mass is 10.2. The minimum atomic E-state index is 0.907. The van der Waals surface area contributed by atoms with Gasteiger partial charge in [0.1, 0.15) is 5.82 Å². The summed E-state index contributed by atoms with van der Waals surface area (Å²) in [5.74, 6) is 1.13. The standard InChI is InChI=1S/C14H25N3/c1-5-8-17(7-3)14-12(4)9-13(11-16-14)10-15-6-2/h9,11,15H,5-8,10H2,1-4H3. The number of aromatic nitrogens is 1. The highest BCUT2D eigenvalue weighted by atomic mass is 15.2. The molecule has 1 N–H and O–H groups in total. The normalized spacial score (nSPS) is 10.6. The first-order valence-electron chi connectivity index (χ1n) is 6.64. The van der Waals surface area contributed by atoms with Crippen LogP contribution in [-0.4, -0.2) is 24.6 Å². The minimum absolute atomic E-state index is 0.907. The Hall–Kier alpha value is -1.09. The molecule has 0 aromatic carbocycles. The molecule has 3 nitrogen and oxygen atoms in total. The summed E-state index contributed by atoms with van der Waals surface area (Å²) < 4.78 is 0. The molecule has 0 atom stereocenters. The highest BCUT2D eigenvalue weighted by Gasteiger charge is 2.08. The lowest BCUT2D eigenvalue weighted by molar-refractivity contribution is 0.721.